The Morgan fingerprint density at radius 3 is 2.61 bits per heavy atom. The van der Waals surface area contributed by atoms with Gasteiger partial charge in [0.2, 0.25) is 5.91 Å². The van der Waals surface area contributed by atoms with E-state index in [9.17, 15) is 4.79 Å². The van der Waals surface area contributed by atoms with E-state index in [1.165, 1.54) is 19.3 Å². The molecule has 4 nitrogen and oxygen atoms in total. The number of carbonyl (C=O) groups is 1. The van der Waals surface area contributed by atoms with Crippen LogP contribution in [0.3, 0.4) is 0 Å². The van der Waals surface area contributed by atoms with Gasteiger partial charge in [0.1, 0.15) is 0 Å². The van der Waals surface area contributed by atoms with Gasteiger partial charge in [-0.2, -0.15) is 0 Å². The number of rotatable bonds is 11. The lowest BCUT2D eigenvalue weighted by Crippen LogP contribution is -2.39. The summed E-state index contributed by atoms with van der Waals surface area (Å²) in [5, 5.41) is 3.20. The molecule has 18 heavy (non-hydrogen) atoms. The molecule has 1 amide bonds. The lowest BCUT2D eigenvalue weighted by Gasteiger charge is -2.20. The third-order valence-corrected chi connectivity index (χ3v) is 3.21. The molecule has 1 rings (SSSR count). The fourth-order valence-corrected chi connectivity index (χ4v) is 1.97. The highest BCUT2D eigenvalue weighted by molar-refractivity contribution is 5.78. The Morgan fingerprint density at radius 2 is 2.00 bits per heavy atom. The van der Waals surface area contributed by atoms with Crippen LogP contribution in [0.5, 0.6) is 0 Å². The first kappa shape index (κ1) is 15.4. The highest BCUT2D eigenvalue weighted by Crippen LogP contribution is 2.26. The van der Waals surface area contributed by atoms with Crippen LogP contribution in [0.2, 0.25) is 0 Å². The molecule has 0 saturated heterocycles. The molecule has 1 aliphatic carbocycles. The van der Waals surface area contributed by atoms with E-state index in [-0.39, 0.29) is 5.91 Å². The molecule has 0 aromatic carbocycles. The molecule has 1 N–H and O–H groups in total. The average molecular weight is 256 g/mol. The van der Waals surface area contributed by atoms with Gasteiger partial charge in [-0.1, -0.05) is 13.3 Å². The molecule has 0 aromatic rings. The van der Waals surface area contributed by atoms with Crippen molar-refractivity contribution in [3.8, 4) is 0 Å². The molecule has 0 atom stereocenters. The fraction of sp³-hybridized carbons (Fsp3) is 0.929. The molecule has 0 radical (unpaired) electrons. The highest BCUT2D eigenvalue weighted by Gasteiger charge is 2.30. The predicted octanol–water partition coefficient (Wildman–Crippen LogP) is 1.79. The molecular formula is C14H28N2O2. The van der Waals surface area contributed by atoms with Gasteiger partial charge in [-0.15, -0.1) is 0 Å². The molecule has 0 aromatic heterocycles. The van der Waals surface area contributed by atoms with Crippen molar-refractivity contribution in [3.63, 3.8) is 0 Å². The van der Waals surface area contributed by atoms with E-state index < -0.39 is 0 Å². The van der Waals surface area contributed by atoms with E-state index in [0.29, 0.717) is 12.6 Å². The van der Waals surface area contributed by atoms with Gasteiger partial charge in [-0.25, -0.2) is 0 Å². The van der Waals surface area contributed by atoms with Crippen LogP contribution < -0.4 is 5.32 Å². The zero-order valence-corrected chi connectivity index (χ0v) is 11.9. The van der Waals surface area contributed by atoms with Crippen LogP contribution >= 0.6 is 0 Å². The summed E-state index contributed by atoms with van der Waals surface area (Å²) in [4.78, 5) is 13.9. The van der Waals surface area contributed by atoms with Crippen LogP contribution in [0.15, 0.2) is 0 Å². The standard InChI is InChI=1S/C14H28N2O2/c1-3-5-10-18-11-6-9-15-12-14(17)16(4-2)13-7-8-13/h13,15H,3-12H2,1-2H3. The Labute approximate surface area is 111 Å². The number of amides is 1. The van der Waals surface area contributed by atoms with Crippen molar-refractivity contribution in [2.75, 3.05) is 32.8 Å². The number of carbonyl (C=O) groups excluding carboxylic acids is 1. The zero-order chi connectivity index (χ0) is 13.2. The number of nitrogens with zero attached hydrogens (tertiary/aromatic N) is 1. The van der Waals surface area contributed by atoms with E-state index >= 15 is 0 Å². The Kier molecular flexibility index (Phi) is 8.01. The van der Waals surface area contributed by atoms with Crippen LogP contribution in [0.1, 0.15) is 46.0 Å². The highest BCUT2D eigenvalue weighted by atomic mass is 16.5. The third-order valence-electron chi connectivity index (χ3n) is 3.21. The Morgan fingerprint density at radius 1 is 1.28 bits per heavy atom. The summed E-state index contributed by atoms with van der Waals surface area (Å²) in [6, 6.07) is 0.529. The molecule has 0 heterocycles. The summed E-state index contributed by atoms with van der Waals surface area (Å²) >= 11 is 0. The maximum Gasteiger partial charge on any atom is 0.236 e. The van der Waals surface area contributed by atoms with Gasteiger partial charge in [0.25, 0.3) is 0 Å². The molecule has 0 bridgehead atoms. The van der Waals surface area contributed by atoms with Crippen molar-refractivity contribution in [1.29, 1.82) is 0 Å². The number of hydrogen-bond donors (Lipinski definition) is 1. The molecule has 0 aliphatic heterocycles. The summed E-state index contributed by atoms with van der Waals surface area (Å²) < 4.78 is 5.46. The van der Waals surface area contributed by atoms with E-state index in [1.54, 1.807) is 0 Å². The number of likely N-dealkylation sites (N-methyl/N-ethyl adjacent to an activating group) is 1. The largest absolute Gasteiger partial charge is 0.381 e. The van der Waals surface area contributed by atoms with Crippen molar-refractivity contribution in [2.24, 2.45) is 0 Å². The number of unbranched alkanes of at least 4 members (excludes halogenated alkanes) is 1. The molecule has 0 spiro atoms. The van der Waals surface area contributed by atoms with Crippen LogP contribution in [0.25, 0.3) is 0 Å². The molecule has 1 aliphatic rings. The second kappa shape index (κ2) is 9.34. The Balaban J connectivity index is 1.92. The first-order chi connectivity index (χ1) is 8.79. The maximum absolute atomic E-state index is 11.9. The number of nitrogens with one attached hydrogen (secondary N) is 1. The van der Waals surface area contributed by atoms with Gasteiger partial charge >= 0.3 is 0 Å². The molecule has 106 valence electrons. The van der Waals surface area contributed by atoms with Gasteiger partial charge in [0, 0.05) is 25.8 Å². The van der Waals surface area contributed by atoms with E-state index in [4.69, 9.17) is 4.74 Å². The quantitative estimate of drug-likeness (QED) is 0.573. The summed E-state index contributed by atoms with van der Waals surface area (Å²) in [5.74, 6) is 0.243. The van der Waals surface area contributed by atoms with Crippen molar-refractivity contribution >= 4 is 5.91 Å². The van der Waals surface area contributed by atoms with Crippen molar-refractivity contribution in [3.05, 3.63) is 0 Å². The van der Waals surface area contributed by atoms with Gasteiger partial charge in [-0.05, 0) is 39.2 Å². The Hall–Kier alpha value is -0.610. The first-order valence-corrected chi connectivity index (χ1v) is 7.37. The van der Waals surface area contributed by atoms with Crippen molar-refractivity contribution in [1.82, 2.24) is 10.2 Å². The fourth-order valence-electron chi connectivity index (χ4n) is 1.97. The van der Waals surface area contributed by atoms with Crippen LogP contribution in [-0.4, -0.2) is 49.7 Å². The average Bonchev–Trinajstić information content (AvgIpc) is 3.18. The normalized spacial score (nSPS) is 14.8. The molecule has 1 saturated carbocycles. The van der Waals surface area contributed by atoms with E-state index in [1.807, 2.05) is 4.90 Å². The SMILES string of the molecule is CCCCOCCCNCC(=O)N(CC)C1CC1. The zero-order valence-electron chi connectivity index (χ0n) is 11.9. The predicted molar refractivity (Wildman–Crippen MR) is 73.6 cm³/mol. The lowest BCUT2D eigenvalue weighted by atomic mass is 10.3. The summed E-state index contributed by atoms with van der Waals surface area (Å²) in [6.45, 7) is 8.04. The van der Waals surface area contributed by atoms with Crippen LogP contribution in [0, 0.1) is 0 Å². The lowest BCUT2D eigenvalue weighted by molar-refractivity contribution is -0.130. The summed E-state index contributed by atoms with van der Waals surface area (Å²) in [7, 11) is 0. The topological polar surface area (TPSA) is 41.6 Å². The van der Waals surface area contributed by atoms with Crippen LogP contribution in [0.4, 0.5) is 0 Å². The number of ether oxygens (including phenoxy) is 1. The van der Waals surface area contributed by atoms with Gasteiger partial charge < -0.3 is 15.0 Å². The summed E-state index contributed by atoms with van der Waals surface area (Å²) in [6.07, 6.45) is 5.67. The molecular weight excluding hydrogens is 228 g/mol. The van der Waals surface area contributed by atoms with E-state index in [0.717, 1.165) is 39.1 Å². The molecule has 4 heteroatoms. The first-order valence-electron chi connectivity index (χ1n) is 7.37. The van der Waals surface area contributed by atoms with Gasteiger partial charge in [0.15, 0.2) is 0 Å². The van der Waals surface area contributed by atoms with Crippen LogP contribution in [-0.2, 0) is 9.53 Å². The molecule has 1 fully saturated rings. The second-order valence-corrected chi connectivity index (χ2v) is 4.91. The second-order valence-electron chi connectivity index (χ2n) is 4.91. The minimum atomic E-state index is 0.243. The third kappa shape index (κ3) is 6.36. The Bertz CT molecular complexity index is 230. The van der Waals surface area contributed by atoms with Crippen molar-refractivity contribution in [2.45, 2.75) is 52.0 Å². The molecule has 0 unspecified atom stereocenters. The minimum Gasteiger partial charge on any atom is -0.381 e. The maximum atomic E-state index is 11.9. The van der Waals surface area contributed by atoms with Gasteiger partial charge in [-0.3, -0.25) is 4.79 Å². The van der Waals surface area contributed by atoms with Gasteiger partial charge in [0.05, 0.1) is 6.54 Å². The van der Waals surface area contributed by atoms with Crippen molar-refractivity contribution < 1.29 is 9.53 Å². The summed E-state index contributed by atoms with van der Waals surface area (Å²) in [5.41, 5.74) is 0. The van der Waals surface area contributed by atoms with E-state index in [2.05, 4.69) is 19.2 Å². The monoisotopic (exact) mass is 256 g/mol. The minimum absolute atomic E-state index is 0.243. The number of hydrogen-bond acceptors (Lipinski definition) is 3. The smallest absolute Gasteiger partial charge is 0.236 e.